The second kappa shape index (κ2) is 6.41. The molecule has 120 valence electrons. The molecule has 1 amide bonds. The van der Waals surface area contributed by atoms with Crippen LogP contribution in [0, 0.1) is 24.7 Å². The number of hydrogen-bond acceptors (Lipinski definition) is 2. The number of aryl methyl sites for hydroxylation is 1. The Morgan fingerprint density at radius 3 is 2.59 bits per heavy atom. The molecule has 1 aromatic rings. The third kappa shape index (κ3) is 3.19. The normalized spacial score (nSPS) is 30.9. The van der Waals surface area contributed by atoms with Crippen LogP contribution in [0.5, 0.6) is 0 Å². The van der Waals surface area contributed by atoms with E-state index in [1.165, 1.54) is 30.4 Å². The third-order valence-electron chi connectivity index (χ3n) is 5.64. The van der Waals surface area contributed by atoms with Crippen molar-refractivity contribution in [3.63, 3.8) is 0 Å². The Balaban J connectivity index is 1.63. The number of nitrogens with two attached hydrogens (primary N) is 1. The van der Waals surface area contributed by atoms with E-state index < -0.39 is 0 Å². The summed E-state index contributed by atoms with van der Waals surface area (Å²) in [7, 11) is 1.94. The van der Waals surface area contributed by atoms with E-state index in [0.29, 0.717) is 30.3 Å². The van der Waals surface area contributed by atoms with Crippen LogP contribution in [0.25, 0.3) is 0 Å². The molecule has 1 aromatic carbocycles. The topological polar surface area (TPSA) is 46.3 Å². The van der Waals surface area contributed by atoms with Gasteiger partial charge in [0.1, 0.15) is 0 Å². The minimum atomic E-state index is 0.185. The molecule has 0 radical (unpaired) electrons. The predicted octanol–water partition coefficient (Wildman–Crippen LogP) is 3.11. The average molecular weight is 300 g/mol. The highest BCUT2D eigenvalue weighted by Gasteiger charge is 2.41. The van der Waals surface area contributed by atoms with Gasteiger partial charge in [-0.2, -0.15) is 0 Å². The Labute approximate surface area is 133 Å². The van der Waals surface area contributed by atoms with Gasteiger partial charge in [0.15, 0.2) is 0 Å². The molecule has 2 saturated carbocycles. The molecular formula is C19H28N2O. The molecule has 0 aromatic heterocycles. The number of carbonyl (C=O) groups excluding carboxylic acids is 1. The zero-order valence-electron chi connectivity index (χ0n) is 13.8. The molecule has 2 aliphatic rings. The lowest BCUT2D eigenvalue weighted by Crippen LogP contribution is -2.49. The monoisotopic (exact) mass is 300 g/mol. The Morgan fingerprint density at radius 2 is 1.95 bits per heavy atom. The van der Waals surface area contributed by atoms with Gasteiger partial charge in [0.25, 0.3) is 0 Å². The molecule has 22 heavy (non-hydrogen) atoms. The van der Waals surface area contributed by atoms with Crippen molar-refractivity contribution in [1.29, 1.82) is 0 Å². The smallest absolute Gasteiger partial charge is 0.225 e. The minimum Gasteiger partial charge on any atom is -0.341 e. The molecule has 2 unspecified atom stereocenters. The zero-order valence-corrected chi connectivity index (χ0v) is 13.8. The number of amides is 1. The van der Waals surface area contributed by atoms with Gasteiger partial charge in [-0.1, -0.05) is 36.2 Å². The molecule has 3 nitrogen and oxygen atoms in total. The lowest BCUT2D eigenvalue weighted by atomic mass is 9.65. The Hall–Kier alpha value is -1.35. The first kappa shape index (κ1) is 15.5. The lowest BCUT2D eigenvalue weighted by molar-refractivity contribution is -0.137. The SMILES string of the molecule is Cc1cccc(CN(C)C(=O)C2CC3CCCC(C2)C3N)c1. The molecule has 2 atom stereocenters. The lowest BCUT2D eigenvalue weighted by Gasteiger charge is -2.44. The Kier molecular flexibility index (Phi) is 4.53. The molecule has 0 heterocycles. The highest BCUT2D eigenvalue weighted by Crippen LogP contribution is 2.42. The van der Waals surface area contributed by atoms with Crippen LogP contribution in [-0.2, 0) is 11.3 Å². The fraction of sp³-hybridized carbons (Fsp3) is 0.632. The van der Waals surface area contributed by atoms with E-state index in [-0.39, 0.29) is 5.92 Å². The van der Waals surface area contributed by atoms with Crippen molar-refractivity contribution in [3.05, 3.63) is 35.4 Å². The number of hydrogen-bond donors (Lipinski definition) is 1. The van der Waals surface area contributed by atoms with Gasteiger partial charge in [0, 0.05) is 25.6 Å². The summed E-state index contributed by atoms with van der Waals surface area (Å²) in [6.45, 7) is 2.80. The summed E-state index contributed by atoms with van der Waals surface area (Å²) in [4.78, 5) is 14.7. The fourth-order valence-corrected chi connectivity index (χ4v) is 4.46. The summed E-state index contributed by atoms with van der Waals surface area (Å²) in [6.07, 6.45) is 5.71. The van der Waals surface area contributed by atoms with Crippen LogP contribution in [0.2, 0.25) is 0 Å². The molecule has 2 bridgehead atoms. The number of fused-ring (bicyclic) bond motifs is 2. The molecule has 0 spiro atoms. The number of carbonyl (C=O) groups is 1. The van der Waals surface area contributed by atoms with Crippen molar-refractivity contribution in [2.24, 2.45) is 23.5 Å². The van der Waals surface area contributed by atoms with Crippen molar-refractivity contribution < 1.29 is 4.79 Å². The van der Waals surface area contributed by atoms with Crippen molar-refractivity contribution >= 4 is 5.91 Å². The quantitative estimate of drug-likeness (QED) is 0.932. The van der Waals surface area contributed by atoms with Gasteiger partial charge >= 0.3 is 0 Å². The van der Waals surface area contributed by atoms with Crippen LogP contribution in [0.4, 0.5) is 0 Å². The van der Waals surface area contributed by atoms with Crippen molar-refractivity contribution in [1.82, 2.24) is 4.90 Å². The predicted molar refractivity (Wildman–Crippen MR) is 89.2 cm³/mol. The van der Waals surface area contributed by atoms with Gasteiger partial charge in [-0.15, -0.1) is 0 Å². The van der Waals surface area contributed by atoms with Gasteiger partial charge < -0.3 is 10.6 Å². The molecule has 0 aliphatic heterocycles. The maximum Gasteiger partial charge on any atom is 0.225 e. The molecular weight excluding hydrogens is 272 g/mol. The van der Waals surface area contributed by atoms with E-state index in [0.717, 1.165) is 12.8 Å². The van der Waals surface area contributed by atoms with Gasteiger partial charge in [0.05, 0.1) is 0 Å². The zero-order chi connectivity index (χ0) is 15.7. The molecule has 2 N–H and O–H groups in total. The maximum atomic E-state index is 12.8. The van der Waals surface area contributed by atoms with Crippen molar-refractivity contribution in [2.75, 3.05) is 7.05 Å². The van der Waals surface area contributed by atoms with Crippen LogP contribution in [0.1, 0.15) is 43.2 Å². The minimum absolute atomic E-state index is 0.185. The summed E-state index contributed by atoms with van der Waals surface area (Å²) in [6, 6.07) is 8.75. The molecule has 2 fully saturated rings. The summed E-state index contributed by atoms with van der Waals surface area (Å²) in [5.74, 6) is 1.62. The summed E-state index contributed by atoms with van der Waals surface area (Å²) in [5.41, 5.74) is 8.80. The molecule has 0 saturated heterocycles. The van der Waals surface area contributed by atoms with Gasteiger partial charge in [-0.3, -0.25) is 4.79 Å². The van der Waals surface area contributed by atoms with Crippen LogP contribution in [-0.4, -0.2) is 23.9 Å². The van der Waals surface area contributed by atoms with Gasteiger partial charge in [0.2, 0.25) is 5.91 Å². The van der Waals surface area contributed by atoms with Gasteiger partial charge in [-0.05, 0) is 50.0 Å². The largest absolute Gasteiger partial charge is 0.341 e. The highest BCUT2D eigenvalue weighted by atomic mass is 16.2. The second-order valence-corrected chi connectivity index (χ2v) is 7.38. The standard InChI is InChI=1S/C19H28N2O/c1-13-5-3-6-14(9-13)12-21(2)19(22)17-10-15-7-4-8-16(11-17)18(15)20/h3,5-6,9,15-18H,4,7-8,10-12,20H2,1-2H3. The van der Waals surface area contributed by atoms with Crippen LogP contribution in [0.3, 0.4) is 0 Å². The van der Waals surface area contributed by atoms with Crippen LogP contribution in [0.15, 0.2) is 24.3 Å². The average Bonchev–Trinajstić information content (AvgIpc) is 2.46. The van der Waals surface area contributed by atoms with Crippen LogP contribution >= 0.6 is 0 Å². The molecule has 3 rings (SSSR count). The molecule has 3 heteroatoms. The van der Waals surface area contributed by atoms with E-state index in [2.05, 4.69) is 31.2 Å². The van der Waals surface area contributed by atoms with Crippen LogP contribution < -0.4 is 5.73 Å². The fourth-order valence-electron chi connectivity index (χ4n) is 4.46. The summed E-state index contributed by atoms with van der Waals surface area (Å²) in [5, 5.41) is 0. The number of benzene rings is 1. The first-order valence-electron chi connectivity index (χ1n) is 8.60. The first-order chi connectivity index (χ1) is 10.5. The number of rotatable bonds is 3. The van der Waals surface area contributed by atoms with Crippen molar-refractivity contribution in [3.8, 4) is 0 Å². The van der Waals surface area contributed by atoms with E-state index in [4.69, 9.17) is 5.73 Å². The molecule has 2 aliphatic carbocycles. The van der Waals surface area contributed by atoms with E-state index >= 15 is 0 Å². The van der Waals surface area contributed by atoms with E-state index in [1.54, 1.807) is 0 Å². The summed E-state index contributed by atoms with van der Waals surface area (Å²) < 4.78 is 0. The van der Waals surface area contributed by atoms with Gasteiger partial charge in [-0.25, -0.2) is 0 Å². The highest BCUT2D eigenvalue weighted by molar-refractivity contribution is 5.78. The second-order valence-electron chi connectivity index (χ2n) is 7.38. The van der Waals surface area contributed by atoms with E-state index in [1.807, 2.05) is 11.9 Å². The van der Waals surface area contributed by atoms with E-state index in [9.17, 15) is 4.79 Å². The first-order valence-corrected chi connectivity index (χ1v) is 8.60. The third-order valence-corrected chi connectivity index (χ3v) is 5.64. The number of nitrogens with zero attached hydrogens (tertiary/aromatic N) is 1. The Morgan fingerprint density at radius 1 is 1.27 bits per heavy atom. The summed E-state index contributed by atoms with van der Waals surface area (Å²) >= 11 is 0. The maximum absolute atomic E-state index is 12.8. The Bertz CT molecular complexity index is 528. The van der Waals surface area contributed by atoms with Crippen molar-refractivity contribution in [2.45, 2.75) is 51.6 Å².